The smallest absolute Gasteiger partial charge is 0.251 e. The fraction of sp³-hybridized carbons (Fsp3) is 0.448. The summed E-state index contributed by atoms with van der Waals surface area (Å²) in [6.07, 6.45) is 7.40. The van der Waals surface area contributed by atoms with E-state index in [1.165, 1.54) is 12.1 Å². The highest BCUT2D eigenvalue weighted by atomic mass is 19.1. The molecule has 2 bridgehead atoms. The highest BCUT2D eigenvalue weighted by Gasteiger charge is 2.49. The van der Waals surface area contributed by atoms with E-state index >= 15 is 0 Å². The largest absolute Gasteiger partial charge is 0.342 e. The quantitative estimate of drug-likeness (QED) is 0.280. The number of aromatic nitrogens is 3. The molecule has 2 aromatic carbocycles. The average molecular weight is 532 g/mol. The van der Waals surface area contributed by atoms with E-state index in [2.05, 4.69) is 31.6 Å². The first-order valence-electron chi connectivity index (χ1n) is 13.8. The number of hydrogen-bond acceptors (Lipinski definition) is 7. The van der Waals surface area contributed by atoms with Gasteiger partial charge in [-0.2, -0.15) is 0 Å². The highest BCUT2D eigenvalue weighted by Crippen LogP contribution is 2.40. The number of fused-ring (bicyclic) bond motifs is 2. The van der Waals surface area contributed by atoms with Gasteiger partial charge in [0.15, 0.2) is 5.78 Å². The van der Waals surface area contributed by atoms with Crippen molar-refractivity contribution in [3.05, 3.63) is 77.9 Å². The molecule has 0 radical (unpaired) electrons. The van der Waals surface area contributed by atoms with Gasteiger partial charge in [-0.15, -0.1) is 5.10 Å². The maximum atomic E-state index is 13.9. The summed E-state index contributed by atoms with van der Waals surface area (Å²) in [7, 11) is 0. The van der Waals surface area contributed by atoms with Crippen LogP contribution in [-0.2, 0) is 4.79 Å². The second-order valence-electron chi connectivity index (χ2n) is 11.0. The lowest BCUT2D eigenvalue weighted by atomic mass is 9.85. The highest BCUT2D eigenvalue weighted by molar-refractivity contribution is 6.01. The first-order valence-corrected chi connectivity index (χ1v) is 13.8. The van der Waals surface area contributed by atoms with Gasteiger partial charge in [0.1, 0.15) is 5.82 Å². The number of hydrogen-bond donors (Lipinski definition) is 4. The van der Waals surface area contributed by atoms with E-state index in [1.54, 1.807) is 29.2 Å². The van der Waals surface area contributed by atoms with Crippen LogP contribution < -0.4 is 21.3 Å². The number of nitrogens with one attached hydrogen (secondary N) is 4. The molecule has 204 valence electrons. The zero-order valence-corrected chi connectivity index (χ0v) is 21.8. The third kappa shape index (κ3) is 5.63. The predicted molar refractivity (Wildman–Crippen MR) is 144 cm³/mol. The number of benzene rings is 2. The standard InChI is InChI=1S/C29H34FN7O2/c30-21-7-3-19(4-8-21)24-16-26(24)32-13-1-2-25(27(38)29-12-11-22(35-29)17-31-18-29)34-28(39)20-5-9-23(10-6-20)37-15-14-33-36-37/h3-10,14-15,22,24-26,31-32,35H,1-2,11-13,16-18H2,(H,34,39)/t22?,24-,25-,26+,29?/m0/s1. The maximum absolute atomic E-state index is 13.9. The molecule has 1 saturated carbocycles. The Kier molecular flexibility index (Phi) is 7.24. The van der Waals surface area contributed by atoms with Crippen molar-refractivity contribution >= 4 is 11.7 Å². The van der Waals surface area contributed by atoms with E-state index in [1.807, 2.05) is 24.3 Å². The van der Waals surface area contributed by atoms with Crippen LogP contribution in [0.1, 0.15) is 53.9 Å². The SMILES string of the molecule is O=C(N[C@@H](CCCN[C@@H]1C[C@H]1c1ccc(F)cc1)C(=O)C12CCC(CNC1)N2)c1ccc(-n2ccnn2)cc1. The minimum atomic E-state index is -0.630. The lowest BCUT2D eigenvalue weighted by molar-refractivity contribution is -0.127. The number of Topliss-reactive ketones (excluding diaryl/α,β-unsaturated/α-hetero) is 1. The molecule has 2 aliphatic heterocycles. The van der Waals surface area contributed by atoms with E-state index in [0.29, 0.717) is 36.5 Å². The van der Waals surface area contributed by atoms with E-state index in [-0.39, 0.29) is 17.5 Å². The predicted octanol–water partition coefficient (Wildman–Crippen LogP) is 2.09. The van der Waals surface area contributed by atoms with Gasteiger partial charge in [0.2, 0.25) is 0 Å². The molecule has 5 atom stereocenters. The summed E-state index contributed by atoms with van der Waals surface area (Å²) < 4.78 is 14.9. The lowest BCUT2D eigenvalue weighted by Crippen LogP contribution is -2.66. The molecule has 2 unspecified atom stereocenters. The maximum Gasteiger partial charge on any atom is 0.251 e. The van der Waals surface area contributed by atoms with Crippen LogP contribution in [0.4, 0.5) is 4.39 Å². The molecule has 9 nitrogen and oxygen atoms in total. The Bertz CT molecular complexity index is 1290. The van der Waals surface area contributed by atoms with Gasteiger partial charge in [-0.05, 0) is 80.6 Å². The van der Waals surface area contributed by atoms with Crippen LogP contribution in [0, 0.1) is 5.82 Å². The van der Waals surface area contributed by atoms with E-state index in [0.717, 1.165) is 50.0 Å². The van der Waals surface area contributed by atoms with Crippen LogP contribution in [0.25, 0.3) is 5.69 Å². The topological polar surface area (TPSA) is 113 Å². The third-order valence-corrected chi connectivity index (χ3v) is 8.29. The number of halogens is 1. The van der Waals surface area contributed by atoms with Crippen molar-refractivity contribution in [1.82, 2.24) is 36.3 Å². The molecular formula is C29H34FN7O2. The minimum Gasteiger partial charge on any atom is -0.342 e. The summed E-state index contributed by atoms with van der Waals surface area (Å²) in [6.45, 7) is 2.20. The number of nitrogens with zero attached hydrogens (tertiary/aromatic N) is 3. The molecule has 39 heavy (non-hydrogen) atoms. The second-order valence-corrected chi connectivity index (χ2v) is 11.0. The zero-order valence-electron chi connectivity index (χ0n) is 21.8. The number of ketones is 1. The van der Waals surface area contributed by atoms with E-state index < -0.39 is 11.6 Å². The molecule has 3 aromatic rings. The van der Waals surface area contributed by atoms with Crippen LogP contribution in [-0.4, -0.2) is 70.0 Å². The van der Waals surface area contributed by atoms with Gasteiger partial charge in [0.25, 0.3) is 5.91 Å². The van der Waals surface area contributed by atoms with Gasteiger partial charge in [-0.25, -0.2) is 9.07 Å². The van der Waals surface area contributed by atoms with Crippen molar-refractivity contribution in [2.45, 2.75) is 61.7 Å². The fourth-order valence-corrected chi connectivity index (χ4v) is 6.04. The summed E-state index contributed by atoms with van der Waals surface area (Å²) >= 11 is 0. The molecule has 0 spiro atoms. The normalized spacial score (nSPS) is 26.2. The third-order valence-electron chi connectivity index (χ3n) is 8.29. The molecule has 4 N–H and O–H groups in total. The first-order chi connectivity index (χ1) is 19.0. The number of rotatable bonds is 11. The fourth-order valence-electron chi connectivity index (χ4n) is 6.04. The molecule has 3 aliphatic rings. The lowest BCUT2D eigenvalue weighted by Gasteiger charge is -2.36. The van der Waals surface area contributed by atoms with Gasteiger partial charge in [0, 0.05) is 36.7 Å². The van der Waals surface area contributed by atoms with Gasteiger partial charge in [-0.3, -0.25) is 14.9 Å². The van der Waals surface area contributed by atoms with Crippen molar-refractivity contribution in [2.24, 2.45) is 0 Å². The molecular weight excluding hydrogens is 497 g/mol. The van der Waals surface area contributed by atoms with E-state index in [4.69, 9.17) is 0 Å². The van der Waals surface area contributed by atoms with Crippen molar-refractivity contribution < 1.29 is 14.0 Å². The zero-order chi connectivity index (χ0) is 26.8. The Morgan fingerprint density at radius 2 is 1.97 bits per heavy atom. The van der Waals surface area contributed by atoms with Crippen LogP contribution in [0.2, 0.25) is 0 Å². The average Bonchev–Trinajstić information content (AvgIpc) is 3.37. The first kappa shape index (κ1) is 25.8. The Balaban J connectivity index is 1.08. The summed E-state index contributed by atoms with van der Waals surface area (Å²) in [4.78, 5) is 27.1. The van der Waals surface area contributed by atoms with Crippen LogP contribution in [0.3, 0.4) is 0 Å². The second kappa shape index (κ2) is 11.0. The minimum absolute atomic E-state index is 0.0559. The Morgan fingerprint density at radius 3 is 2.74 bits per heavy atom. The molecule has 1 amide bonds. The monoisotopic (exact) mass is 531 g/mol. The van der Waals surface area contributed by atoms with Gasteiger partial charge in [-0.1, -0.05) is 17.3 Å². The van der Waals surface area contributed by atoms with Crippen molar-refractivity contribution in [1.29, 1.82) is 0 Å². The number of carbonyl (C=O) groups excluding carboxylic acids is 2. The molecule has 1 aliphatic carbocycles. The Morgan fingerprint density at radius 1 is 1.15 bits per heavy atom. The molecule has 6 rings (SSSR count). The van der Waals surface area contributed by atoms with Crippen molar-refractivity contribution in [3.8, 4) is 5.69 Å². The summed E-state index contributed by atoms with van der Waals surface area (Å²) in [5.74, 6) is -0.0290. The van der Waals surface area contributed by atoms with Gasteiger partial charge >= 0.3 is 0 Å². The van der Waals surface area contributed by atoms with Crippen LogP contribution >= 0.6 is 0 Å². The van der Waals surface area contributed by atoms with Gasteiger partial charge < -0.3 is 16.0 Å². The Hall–Kier alpha value is -3.47. The van der Waals surface area contributed by atoms with Crippen LogP contribution in [0.15, 0.2) is 60.9 Å². The number of amides is 1. The number of piperazine rings is 1. The molecule has 3 fully saturated rings. The molecule has 3 heterocycles. The van der Waals surface area contributed by atoms with Gasteiger partial charge in [0.05, 0.1) is 29.7 Å². The number of carbonyl (C=O) groups is 2. The molecule has 2 saturated heterocycles. The molecule has 10 heteroatoms. The summed E-state index contributed by atoms with van der Waals surface area (Å²) in [5.41, 5.74) is 1.81. The molecule has 1 aromatic heterocycles. The van der Waals surface area contributed by atoms with E-state index in [9.17, 15) is 14.0 Å². The summed E-state index contributed by atoms with van der Waals surface area (Å²) in [5, 5.41) is 21.4. The Labute approximate surface area is 226 Å². The van der Waals surface area contributed by atoms with Crippen molar-refractivity contribution in [3.63, 3.8) is 0 Å². The van der Waals surface area contributed by atoms with Crippen LogP contribution in [0.5, 0.6) is 0 Å². The van der Waals surface area contributed by atoms with Crippen molar-refractivity contribution in [2.75, 3.05) is 19.6 Å². The summed E-state index contributed by atoms with van der Waals surface area (Å²) in [6, 6.07) is 13.9.